The van der Waals surface area contributed by atoms with Crippen molar-refractivity contribution in [3.63, 3.8) is 0 Å². The first-order valence-corrected chi connectivity index (χ1v) is 7.68. The van der Waals surface area contributed by atoms with Gasteiger partial charge in [-0.25, -0.2) is 4.79 Å². The van der Waals surface area contributed by atoms with Crippen LogP contribution >= 0.6 is 0 Å². The lowest BCUT2D eigenvalue weighted by Gasteiger charge is -1.91. The smallest absolute Gasteiger partial charge is 0.332 e. The maximum atomic E-state index is 10.2. The van der Waals surface area contributed by atoms with Gasteiger partial charge in [-0.2, -0.15) is 0 Å². The molecule has 2 aromatic rings. The summed E-state index contributed by atoms with van der Waals surface area (Å²) in [6.45, 7) is 15.3. The second-order valence-electron chi connectivity index (χ2n) is 4.51. The van der Waals surface area contributed by atoms with Gasteiger partial charge in [-0.1, -0.05) is 111 Å². The second-order valence-corrected chi connectivity index (χ2v) is 4.51. The Kier molecular flexibility index (Phi) is 18.3. The minimum absolute atomic E-state index is 0.347. The van der Waals surface area contributed by atoms with Gasteiger partial charge in [0, 0.05) is 5.57 Å². The van der Waals surface area contributed by atoms with Crippen LogP contribution in [0.3, 0.4) is 0 Å². The average Bonchev–Trinajstić information content (AvgIpc) is 2.70. The van der Waals surface area contributed by atoms with E-state index in [1.807, 2.05) is 72.8 Å². The highest BCUT2D eigenvalue weighted by atomic mass is 16.5. The number of methoxy groups -OCH3 is 1. The lowest BCUT2D eigenvalue weighted by atomic mass is 10.2. The van der Waals surface area contributed by atoms with Crippen molar-refractivity contribution in [2.45, 2.75) is 6.92 Å². The number of esters is 1. The maximum absolute atomic E-state index is 10.2. The van der Waals surface area contributed by atoms with Crippen LogP contribution < -0.4 is 0 Å². The van der Waals surface area contributed by atoms with E-state index in [0.29, 0.717) is 5.57 Å². The largest absolute Gasteiger partial charge is 0.466 e. The minimum atomic E-state index is -0.347. The number of benzene rings is 2. The Labute approximate surface area is 152 Å². The third kappa shape index (κ3) is 18.8. The lowest BCUT2D eigenvalue weighted by Crippen LogP contribution is -1.98. The maximum Gasteiger partial charge on any atom is 0.332 e. The van der Waals surface area contributed by atoms with Crippen molar-refractivity contribution in [3.8, 4) is 0 Å². The summed E-state index contributed by atoms with van der Waals surface area (Å²) >= 11 is 0. The van der Waals surface area contributed by atoms with Crippen molar-refractivity contribution in [1.29, 1.82) is 0 Å². The first-order valence-electron chi connectivity index (χ1n) is 7.68. The molecule has 0 aromatic heterocycles. The summed E-state index contributed by atoms with van der Waals surface area (Å²) in [6.07, 6.45) is 5.11. The molecular formula is C23H28O2. The summed E-state index contributed by atoms with van der Waals surface area (Å²) in [7, 11) is 1.33. The normalized spacial score (nSPS) is 7.60. The molecule has 2 nitrogen and oxygen atoms in total. The molecule has 0 amide bonds. The molecule has 0 bridgehead atoms. The molecule has 0 fully saturated rings. The third-order valence-electron chi connectivity index (χ3n) is 2.40. The van der Waals surface area contributed by atoms with E-state index in [4.69, 9.17) is 0 Å². The zero-order valence-corrected chi connectivity index (χ0v) is 15.2. The van der Waals surface area contributed by atoms with E-state index >= 15 is 0 Å². The zero-order chi connectivity index (χ0) is 19.3. The molecule has 0 heterocycles. The molecule has 0 spiro atoms. The number of carbonyl (C=O) groups excluding carboxylic acids is 1. The number of hydrogen-bond donors (Lipinski definition) is 0. The van der Waals surface area contributed by atoms with Gasteiger partial charge in [-0.05, 0) is 12.5 Å². The molecule has 0 saturated carbocycles. The van der Waals surface area contributed by atoms with Gasteiger partial charge in [0.15, 0.2) is 0 Å². The number of hydrogen-bond acceptors (Lipinski definition) is 2. The van der Waals surface area contributed by atoms with Gasteiger partial charge >= 0.3 is 5.97 Å². The highest BCUT2D eigenvalue weighted by Crippen LogP contribution is 1.97. The van der Waals surface area contributed by atoms with Crippen molar-refractivity contribution in [2.75, 3.05) is 7.11 Å². The van der Waals surface area contributed by atoms with Crippen LogP contribution in [0.5, 0.6) is 0 Å². The average molecular weight is 336 g/mol. The third-order valence-corrected chi connectivity index (χ3v) is 2.40. The molecule has 0 saturated heterocycles. The molecule has 0 aliphatic rings. The quantitative estimate of drug-likeness (QED) is 0.384. The summed E-state index contributed by atoms with van der Waals surface area (Å²) in [4.78, 5) is 10.2. The SMILES string of the molecule is C=C(C)C(=O)OC.C=CC=C.C=Cc1ccccc1.c1ccccc1. The number of allylic oxidation sites excluding steroid dienone is 2. The molecule has 0 aliphatic carbocycles. The van der Waals surface area contributed by atoms with Crippen LogP contribution in [-0.4, -0.2) is 13.1 Å². The Morgan fingerprint density at radius 3 is 1.36 bits per heavy atom. The van der Waals surface area contributed by atoms with Crippen LogP contribution in [0.25, 0.3) is 6.08 Å². The monoisotopic (exact) mass is 336 g/mol. The van der Waals surface area contributed by atoms with E-state index in [2.05, 4.69) is 31.1 Å². The molecule has 0 atom stereocenters. The van der Waals surface area contributed by atoms with Crippen LogP contribution in [0.4, 0.5) is 0 Å². The van der Waals surface area contributed by atoms with Crippen LogP contribution in [0.1, 0.15) is 12.5 Å². The van der Waals surface area contributed by atoms with Gasteiger partial charge in [0.1, 0.15) is 0 Å². The topological polar surface area (TPSA) is 26.3 Å². The lowest BCUT2D eigenvalue weighted by molar-refractivity contribution is -0.136. The van der Waals surface area contributed by atoms with Crippen LogP contribution in [0.2, 0.25) is 0 Å². The van der Waals surface area contributed by atoms with Crippen LogP contribution in [-0.2, 0) is 9.53 Å². The molecule has 25 heavy (non-hydrogen) atoms. The summed E-state index contributed by atoms with van der Waals surface area (Å²) in [5.74, 6) is -0.347. The second kappa shape index (κ2) is 18.9. The predicted octanol–water partition coefficient (Wildman–Crippen LogP) is 6.11. The van der Waals surface area contributed by atoms with Crippen molar-refractivity contribution in [3.05, 3.63) is 116 Å². The van der Waals surface area contributed by atoms with Crippen molar-refractivity contribution in [1.82, 2.24) is 0 Å². The standard InChI is InChI=1S/C8H8.C6H6.C5H8O2.C4H6/c1-2-8-6-4-3-5-7-8;1-2-4-6-5-3-1;1-4(2)5(6)7-3;1-3-4-2/h2-7H,1H2;1-6H;1H2,2-3H3;3-4H,1-2H2. The van der Waals surface area contributed by atoms with E-state index in [1.54, 1.807) is 19.1 Å². The summed E-state index contributed by atoms with van der Waals surface area (Å²) in [6, 6.07) is 22.0. The van der Waals surface area contributed by atoms with Crippen molar-refractivity contribution < 1.29 is 9.53 Å². The zero-order valence-electron chi connectivity index (χ0n) is 15.2. The predicted molar refractivity (Wildman–Crippen MR) is 110 cm³/mol. The fraction of sp³-hybridized carbons (Fsp3) is 0.0870. The Morgan fingerprint density at radius 1 is 0.840 bits per heavy atom. The van der Waals surface area contributed by atoms with Crippen LogP contribution in [0, 0.1) is 0 Å². The fourth-order valence-electron chi connectivity index (χ4n) is 1.15. The molecule has 0 N–H and O–H groups in total. The molecule has 2 rings (SSSR count). The molecule has 0 unspecified atom stereocenters. The Morgan fingerprint density at radius 2 is 1.20 bits per heavy atom. The highest BCUT2D eigenvalue weighted by molar-refractivity contribution is 5.86. The minimum Gasteiger partial charge on any atom is -0.466 e. The number of rotatable bonds is 3. The Balaban J connectivity index is 0. The van der Waals surface area contributed by atoms with Gasteiger partial charge in [0.25, 0.3) is 0 Å². The molecule has 0 radical (unpaired) electrons. The number of ether oxygens (including phenoxy) is 1. The summed E-state index contributed by atoms with van der Waals surface area (Å²) in [5.41, 5.74) is 1.61. The van der Waals surface area contributed by atoms with Crippen molar-refractivity contribution in [2.24, 2.45) is 0 Å². The van der Waals surface area contributed by atoms with Crippen LogP contribution in [0.15, 0.2) is 111 Å². The van der Waals surface area contributed by atoms with Gasteiger partial charge in [-0.3, -0.25) is 0 Å². The molecule has 2 aromatic carbocycles. The van der Waals surface area contributed by atoms with Gasteiger partial charge in [0.2, 0.25) is 0 Å². The number of carbonyl (C=O) groups is 1. The molecule has 0 aliphatic heterocycles. The Bertz CT molecular complexity index is 566. The van der Waals surface area contributed by atoms with Gasteiger partial charge in [0.05, 0.1) is 7.11 Å². The molecule has 2 heteroatoms. The fourth-order valence-corrected chi connectivity index (χ4v) is 1.15. The first-order chi connectivity index (χ1) is 12.0. The molecular weight excluding hydrogens is 308 g/mol. The first kappa shape index (κ1) is 24.1. The van der Waals surface area contributed by atoms with Gasteiger partial charge in [-0.15, -0.1) is 0 Å². The van der Waals surface area contributed by atoms with E-state index in [0.717, 1.165) is 0 Å². The Hall–Kier alpha value is -3.13. The van der Waals surface area contributed by atoms with E-state index in [9.17, 15) is 4.79 Å². The van der Waals surface area contributed by atoms with Crippen molar-refractivity contribution >= 4 is 12.0 Å². The van der Waals surface area contributed by atoms with E-state index in [-0.39, 0.29) is 5.97 Å². The summed E-state index contributed by atoms with van der Waals surface area (Å²) in [5, 5.41) is 0. The van der Waals surface area contributed by atoms with E-state index < -0.39 is 0 Å². The van der Waals surface area contributed by atoms with E-state index in [1.165, 1.54) is 12.7 Å². The van der Waals surface area contributed by atoms with Gasteiger partial charge < -0.3 is 4.74 Å². The summed E-state index contributed by atoms with van der Waals surface area (Å²) < 4.78 is 4.27. The highest BCUT2D eigenvalue weighted by Gasteiger charge is 1.95. The molecule has 132 valence electrons.